The lowest BCUT2D eigenvalue weighted by Gasteiger charge is -2.07. The van der Waals surface area contributed by atoms with E-state index in [4.69, 9.17) is 4.74 Å². The summed E-state index contributed by atoms with van der Waals surface area (Å²) in [5, 5.41) is 0. The molecular formula is C13H16N2O2S. The Morgan fingerprint density at radius 3 is 3.11 bits per heavy atom. The van der Waals surface area contributed by atoms with E-state index in [1.807, 2.05) is 41.9 Å². The molecule has 0 amide bonds. The molecule has 1 unspecified atom stereocenters. The normalized spacial score (nSPS) is 12.6. The average molecular weight is 264 g/mol. The van der Waals surface area contributed by atoms with Gasteiger partial charge in [-0.1, -0.05) is 13.0 Å². The van der Waals surface area contributed by atoms with E-state index >= 15 is 0 Å². The highest BCUT2D eigenvalue weighted by Crippen LogP contribution is 2.16. The first-order valence-corrected chi connectivity index (χ1v) is 6.94. The van der Waals surface area contributed by atoms with Crippen molar-refractivity contribution < 1.29 is 9.53 Å². The number of ether oxygens (including phenoxy) is 1. The topological polar surface area (TPSA) is 43.6 Å². The van der Waals surface area contributed by atoms with Gasteiger partial charge in [-0.05, 0) is 12.1 Å². The van der Waals surface area contributed by atoms with Gasteiger partial charge in [0.15, 0.2) is 0 Å². The Balaban J connectivity index is 1.88. The summed E-state index contributed by atoms with van der Waals surface area (Å²) in [6, 6.07) is 5.93. The minimum atomic E-state index is -0.155. The van der Waals surface area contributed by atoms with Gasteiger partial charge in [0, 0.05) is 23.9 Å². The fourth-order valence-corrected chi connectivity index (χ4v) is 2.62. The number of thioether (sulfide) groups is 1. The second-order valence-electron chi connectivity index (χ2n) is 4.14. The molecule has 0 spiro atoms. The van der Waals surface area contributed by atoms with Crippen LogP contribution in [-0.2, 0) is 15.3 Å². The number of rotatable bonds is 5. The Labute approximate surface area is 110 Å². The molecule has 0 saturated carbocycles. The first kappa shape index (κ1) is 13.0. The van der Waals surface area contributed by atoms with Crippen LogP contribution in [0.25, 0.3) is 5.65 Å². The number of esters is 1. The summed E-state index contributed by atoms with van der Waals surface area (Å²) < 4.78 is 6.69. The van der Waals surface area contributed by atoms with Crippen molar-refractivity contribution in [2.45, 2.75) is 12.7 Å². The largest absolute Gasteiger partial charge is 0.469 e. The zero-order chi connectivity index (χ0) is 13.0. The highest BCUT2D eigenvalue weighted by atomic mass is 32.2. The lowest BCUT2D eigenvalue weighted by atomic mass is 10.2. The van der Waals surface area contributed by atoms with Crippen molar-refractivity contribution in [3.8, 4) is 0 Å². The molecule has 0 fully saturated rings. The standard InChI is InChI=1S/C13H16N2O2S/c1-10(13(16)17-2)8-18-9-11-7-15-6-4-3-5-12(15)14-11/h3-7,10H,8-9H2,1-2H3. The van der Waals surface area contributed by atoms with E-state index in [1.54, 1.807) is 11.8 Å². The van der Waals surface area contributed by atoms with Gasteiger partial charge < -0.3 is 9.14 Å². The molecule has 0 aliphatic rings. The molecule has 0 aromatic carbocycles. The van der Waals surface area contributed by atoms with Gasteiger partial charge in [0.2, 0.25) is 0 Å². The van der Waals surface area contributed by atoms with Crippen molar-refractivity contribution in [3.63, 3.8) is 0 Å². The van der Waals surface area contributed by atoms with E-state index in [-0.39, 0.29) is 11.9 Å². The minimum Gasteiger partial charge on any atom is -0.469 e. The molecule has 0 bridgehead atoms. The summed E-state index contributed by atoms with van der Waals surface area (Å²) in [6.45, 7) is 1.88. The molecule has 96 valence electrons. The summed E-state index contributed by atoms with van der Waals surface area (Å²) in [5.41, 5.74) is 1.98. The summed E-state index contributed by atoms with van der Waals surface area (Å²) >= 11 is 1.70. The number of carbonyl (C=O) groups is 1. The molecule has 0 radical (unpaired) electrons. The Morgan fingerprint density at radius 2 is 2.39 bits per heavy atom. The third-order valence-corrected chi connectivity index (χ3v) is 3.87. The molecule has 4 nitrogen and oxygen atoms in total. The molecule has 18 heavy (non-hydrogen) atoms. The van der Waals surface area contributed by atoms with Crippen LogP contribution in [0.3, 0.4) is 0 Å². The number of imidazole rings is 1. The first-order chi connectivity index (χ1) is 8.70. The second-order valence-corrected chi connectivity index (χ2v) is 5.17. The van der Waals surface area contributed by atoms with Crippen LogP contribution in [0.5, 0.6) is 0 Å². The predicted octanol–water partition coefficient (Wildman–Crippen LogP) is 2.38. The van der Waals surface area contributed by atoms with Gasteiger partial charge in [0.05, 0.1) is 18.7 Å². The number of fused-ring (bicyclic) bond motifs is 1. The van der Waals surface area contributed by atoms with E-state index in [0.29, 0.717) is 0 Å². The summed E-state index contributed by atoms with van der Waals surface area (Å²) in [5.74, 6) is 1.33. The van der Waals surface area contributed by atoms with Crippen LogP contribution < -0.4 is 0 Å². The molecule has 5 heteroatoms. The van der Waals surface area contributed by atoms with Crippen LogP contribution in [0.1, 0.15) is 12.6 Å². The van der Waals surface area contributed by atoms with Crippen LogP contribution in [0.2, 0.25) is 0 Å². The highest BCUT2D eigenvalue weighted by molar-refractivity contribution is 7.98. The van der Waals surface area contributed by atoms with Gasteiger partial charge in [-0.15, -0.1) is 0 Å². The molecule has 0 N–H and O–H groups in total. The van der Waals surface area contributed by atoms with E-state index < -0.39 is 0 Å². The van der Waals surface area contributed by atoms with Crippen LogP contribution >= 0.6 is 11.8 Å². The molecule has 2 heterocycles. The maximum absolute atomic E-state index is 11.2. The Hall–Kier alpha value is -1.49. The molecule has 0 saturated heterocycles. The summed E-state index contributed by atoms with van der Waals surface area (Å²) in [4.78, 5) is 15.7. The number of hydrogen-bond acceptors (Lipinski definition) is 4. The number of methoxy groups -OCH3 is 1. The smallest absolute Gasteiger partial charge is 0.309 e. The van der Waals surface area contributed by atoms with E-state index in [1.165, 1.54) is 7.11 Å². The molecule has 1 atom stereocenters. The molecule has 2 aromatic rings. The van der Waals surface area contributed by atoms with Crippen molar-refractivity contribution in [1.82, 2.24) is 9.38 Å². The van der Waals surface area contributed by atoms with Crippen molar-refractivity contribution in [3.05, 3.63) is 36.3 Å². The number of pyridine rings is 1. The van der Waals surface area contributed by atoms with Gasteiger partial charge in [0.1, 0.15) is 5.65 Å². The third kappa shape index (κ3) is 3.04. The van der Waals surface area contributed by atoms with Gasteiger partial charge in [-0.2, -0.15) is 11.8 Å². The Bertz CT molecular complexity index is 506. The zero-order valence-corrected chi connectivity index (χ0v) is 11.3. The maximum Gasteiger partial charge on any atom is 0.309 e. The van der Waals surface area contributed by atoms with Gasteiger partial charge in [0.25, 0.3) is 0 Å². The van der Waals surface area contributed by atoms with Crippen molar-refractivity contribution >= 4 is 23.4 Å². The predicted molar refractivity (Wildman–Crippen MR) is 72.5 cm³/mol. The second kappa shape index (κ2) is 5.91. The van der Waals surface area contributed by atoms with E-state index in [9.17, 15) is 4.79 Å². The quantitative estimate of drug-likeness (QED) is 0.778. The average Bonchev–Trinajstić information content (AvgIpc) is 2.80. The Morgan fingerprint density at radius 1 is 1.56 bits per heavy atom. The van der Waals surface area contributed by atoms with Gasteiger partial charge in [-0.3, -0.25) is 4.79 Å². The minimum absolute atomic E-state index is 0.0722. The highest BCUT2D eigenvalue weighted by Gasteiger charge is 2.13. The molecule has 0 aliphatic carbocycles. The van der Waals surface area contributed by atoms with Crippen molar-refractivity contribution in [2.24, 2.45) is 5.92 Å². The van der Waals surface area contributed by atoms with E-state index in [2.05, 4.69) is 4.98 Å². The summed E-state index contributed by atoms with van der Waals surface area (Å²) in [6.07, 6.45) is 4.00. The lowest BCUT2D eigenvalue weighted by molar-refractivity contribution is -0.143. The molecule has 2 rings (SSSR count). The molecular weight excluding hydrogens is 248 g/mol. The fourth-order valence-electron chi connectivity index (χ4n) is 1.67. The number of aromatic nitrogens is 2. The van der Waals surface area contributed by atoms with Crippen LogP contribution in [0, 0.1) is 5.92 Å². The number of nitrogens with zero attached hydrogens (tertiary/aromatic N) is 2. The maximum atomic E-state index is 11.2. The fraction of sp³-hybridized carbons (Fsp3) is 0.385. The van der Waals surface area contributed by atoms with Crippen molar-refractivity contribution in [2.75, 3.05) is 12.9 Å². The summed E-state index contributed by atoms with van der Waals surface area (Å²) in [7, 11) is 1.42. The SMILES string of the molecule is COC(=O)C(C)CSCc1cn2ccccc2n1. The Kier molecular flexibility index (Phi) is 4.25. The van der Waals surface area contributed by atoms with E-state index in [0.717, 1.165) is 22.8 Å². The van der Waals surface area contributed by atoms with Gasteiger partial charge >= 0.3 is 5.97 Å². The lowest BCUT2D eigenvalue weighted by Crippen LogP contribution is -2.14. The first-order valence-electron chi connectivity index (χ1n) is 5.79. The molecule has 0 aliphatic heterocycles. The number of hydrogen-bond donors (Lipinski definition) is 0. The van der Waals surface area contributed by atoms with Crippen molar-refractivity contribution in [1.29, 1.82) is 0 Å². The van der Waals surface area contributed by atoms with Crippen LogP contribution in [0.15, 0.2) is 30.6 Å². The van der Waals surface area contributed by atoms with Crippen LogP contribution in [-0.4, -0.2) is 28.2 Å². The number of carbonyl (C=O) groups excluding carboxylic acids is 1. The van der Waals surface area contributed by atoms with Crippen LogP contribution in [0.4, 0.5) is 0 Å². The van der Waals surface area contributed by atoms with Gasteiger partial charge in [-0.25, -0.2) is 4.98 Å². The monoisotopic (exact) mass is 264 g/mol. The zero-order valence-electron chi connectivity index (χ0n) is 10.5. The third-order valence-electron chi connectivity index (χ3n) is 2.64. The molecule has 2 aromatic heterocycles.